The van der Waals surface area contributed by atoms with Crippen LogP contribution in [0.3, 0.4) is 0 Å². The molecule has 0 atom stereocenters. The number of H-pyrrole nitrogens is 1. The van der Waals surface area contributed by atoms with Crippen LogP contribution in [0.1, 0.15) is 5.56 Å². The van der Waals surface area contributed by atoms with Crippen molar-refractivity contribution in [2.75, 3.05) is 22.9 Å². The fraction of sp³-hybridized carbons (Fsp3) is 0.174. The van der Waals surface area contributed by atoms with Crippen molar-refractivity contribution in [3.63, 3.8) is 0 Å². The summed E-state index contributed by atoms with van der Waals surface area (Å²) in [6.07, 6.45) is -2.03. The van der Waals surface area contributed by atoms with Crippen LogP contribution >= 0.6 is 11.6 Å². The van der Waals surface area contributed by atoms with Gasteiger partial charge in [-0.15, -0.1) is 0 Å². The number of sulfonamides is 1. The lowest BCUT2D eigenvalue weighted by molar-refractivity contribution is -0.106. The summed E-state index contributed by atoms with van der Waals surface area (Å²) in [5.41, 5.74) is 1.59. The summed E-state index contributed by atoms with van der Waals surface area (Å²) in [6, 6.07) is 12.6. The molecule has 2 aromatic heterocycles. The average Bonchev–Trinajstić information content (AvgIpc) is 3.31. The second-order valence-electron chi connectivity index (χ2n) is 7.84. The van der Waals surface area contributed by atoms with Gasteiger partial charge < -0.3 is 14.8 Å². The van der Waals surface area contributed by atoms with Crippen LogP contribution in [0.4, 0.5) is 30.5 Å². The highest BCUT2D eigenvalue weighted by molar-refractivity contribution is 7.92. The van der Waals surface area contributed by atoms with Gasteiger partial charge in [0.2, 0.25) is 15.9 Å². The predicted molar refractivity (Wildman–Crippen MR) is 135 cm³/mol. The smallest absolute Gasteiger partial charge is 0.404 e. The first-order valence-corrected chi connectivity index (χ1v) is 12.8. The first kappa shape index (κ1) is 27.0. The van der Waals surface area contributed by atoms with Crippen LogP contribution in [-0.2, 0) is 16.6 Å². The molecule has 0 aliphatic rings. The fourth-order valence-electron chi connectivity index (χ4n) is 3.21. The van der Waals surface area contributed by atoms with E-state index in [0.717, 1.165) is 0 Å². The average molecular weight is 569 g/mol. The summed E-state index contributed by atoms with van der Waals surface area (Å²) in [5.74, 6) is -0.880. The molecule has 0 saturated heterocycles. The van der Waals surface area contributed by atoms with E-state index in [-0.39, 0.29) is 18.0 Å². The normalized spacial score (nSPS) is 11.7. The zero-order chi connectivity index (χ0) is 27.3. The first-order valence-electron chi connectivity index (χ1n) is 10.8. The Balaban J connectivity index is 1.59. The summed E-state index contributed by atoms with van der Waals surface area (Å²) in [4.78, 5) is 8.19. The molecule has 0 spiro atoms. The molecular weight excluding hydrogens is 549 g/mol. The summed E-state index contributed by atoms with van der Waals surface area (Å²) < 4.78 is 75.2. The van der Waals surface area contributed by atoms with Gasteiger partial charge in [0.25, 0.3) is 0 Å². The van der Waals surface area contributed by atoms with Crippen molar-refractivity contribution in [2.24, 2.45) is 0 Å². The van der Waals surface area contributed by atoms with Crippen molar-refractivity contribution in [1.82, 2.24) is 20.2 Å². The fourth-order valence-corrected chi connectivity index (χ4v) is 4.34. The molecular formula is C23H20ClF3N6O4S. The molecule has 200 valence electrons. The number of aromatic nitrogens is 4. The van der Waals surface area contributed by atoms with Gasteiger partial charge in [0.05, 0.1) is 30.9 Å². The number of aromatic amines is 1. The van der Waals surface area contributed by atoms with E-state index >= 15 is 0 Å². The Kier molecular flexibility index (Phi) is 7.92. The molecule has 4 rings (SSSR count). The lowest BCUT2D eigenvalue weighted by Gasteiger charge is -2.16. The van der Waals surface area contributed by atoms with Crippen molar-refractivity contribution < 1.29 is 31.1 Å². The number of halogens is 4. The van der Waals surface area contributed by atoms with Crippen LogP contribution in [0.15, 0.2) is 60.9 Å². The van der Waals surface area contributed by atoms with Crippen LogP contribution in [0, 0.1) is 0 Å². The molecule has 0 aliphatic carbocycles. The number of methoxy groups -OCH3 is 1. The van der Waals surface area contributed by atoms with E-state index in [1.165, 1.54) is 37.7 Å². The van der Waals surface area contributed by atoms with Crippen molar-refractivity contribution in [3.05, 3.63) is 71.5 Å². The molecule has 0 bridgehead atoms. The molecule has 0 aliphatic heterocycles. The highest BCUT2D eigenvalue weighted by atomic mass is 35.5. The monoisotopic (exact) mass is 568 g/mol. The number of alkyl halides is 3. The molecule has 15 heteroatoms. The van der Waals surface area contributed by atoms with E-state index in [0.29, 0.717) is 39.4 Å². The van der Waals surface area contributed by atoms with E-state index in [4.69, 9.17) is 21.1 Å². The van der Waals surface area contributed by atoms with Gasteiger partial charge in [0.1, 0.15) is 18.2 Å². The van der Waals surface area contributed by atoms with E-state index in [1.54, 1.807) is 30.3 Å². The van der Waals surface area contributed by atoms with Gasteiger partial charge in [0.15, 0.2) is 11.6 Å². The largest absolute Gasteiger partial charge is 0.487 e. The van der Waals surface area contributed by atoms with Gasteiger partial charge in [-0.25, -0.2) is 18.4 Å². The first-order chi connectivity index (χ1) is 18.0. The molecule has 38 heavy (non-hydrogen) atoms. The van der Waals surface area contributed by atoms with Gasteiger partial charge in [-0.2, -0.15) is 18.3 Å². The van der Waals surface area contributed by atoms with E-state index in [9.17, 15) is 21.6 Å². The second kappa shape index (κ2) is 11.1. The van der Waals surface area contributed by atoms with E-state index in [2.05, 4.69) is 25.5 Å². The Labute approximate surface area is 220 Å². The minimum atomic E-state index is -4.91. The second-order valence-corrected chi connectivity index (χ2v) is 10.00. The van der Waals surface area contributed by atoms with Gasteiger partial charge in [0, 0.05) is 16.7 Å². The molecule has 0 fully saturated rings. The van der Waals surface area contributed by atoms with Crippen LogP contribution in [0.5, 0.6) is 11.6 Å². The Morgan fingerprint density at radius 1 is 1.03 bits per heavy atom. The van der Waals surface area contributed by atoms with Crippen molar-refractivity contribution in [2.45, 2.75) is 12.8 Å². The maximum Gasteiger partial charge on any atom is 0.404 e. The molecule has 3 N–H and O–H groups in total. The van der Waals surface area contributed by atoms with Gasteiger partial charge >= 0.3 is 6.18 Å². The van der Waals surface area contributed by atoms with E-state index < -0.39 is 22.0 Å². The molecule has 10 nitrogen and oxygen atoms in total. The number of benzene rings is 2. The van der Waals surface area contributed by atoms with Crippen LogP contribution in [0.25, 0.3) is 11.3 Å². The summed E-state index contributed by atoms with van der Waals surface area (Å²) >= 11 is 5.90. The quantitative estimate of drug-likeness (QED) is 0.239. The molecule has 0 unspecified atom stereocenters. The maximum atomic E-state index is 12.7. The number of nitrogens with zero attached hydrogens (tertiary/aromatic N) is 3. The van der Waals surface area contributed by atoms with Crippen LogP contribution in [0.2, 0.25) is 5.02 Å². The number of anilines is 3. The molecule has 0 saturated carbocycles. The molecule has 4 aromatic rings. The number of ether oxygens (including phenoxy) is 2. The highest BCUT2D eigenvalue weighted by Gasteiger charge is 2.35. The third-order valence-corrected chi connectivity index (χ3v) is 6.38. The maximum absolute atomic E-state index is 12.7. The lowest BCUT2D eigenvalue weighted by Crippen LogP contribution is -2.28. The Bertz CT molecular complexity index is 1500. The predicted octanol–water partition coefficient (Wildman–Crippen LogP) is 5.16. The highest BCUT2D eigenvalue weighted by Crippen LogP contribution is 2.33. The zero-order valence-electron chi connectivity index (χ0n) is 19.6. The molecule has 2 heterocycles. The number of hydrogen-bond acceptors (Lipinski definition) is 8. The third-order valence-electron chi connectivity index (χ3n) is 4.89. The molecule has 0 radical (unpaired) electrons. The topological polar surface area (TPSA) is 131 Å². The van der Waals surface area contributed by atoms with E-state index in [1.807, 2.05) is 4.72 Å². The standard InChI is InChI=1S/C23H20ClF3N6O4S/c1-36-22-11-28-21(10-29-22)30-20-9-18(31-32-20)15-4-7-17(33-38(34,35)13-23(25,26)27)19(8-15)37-12-14-2-5-16(24)6-3-14/h2-11,33H,12-13H2,1H3,(H2,28,30,31,32). The van der Waals surface area contributed by atoms with Crippen molar-refractivity contribution in [3.8, 4) is 22.9 Å². The van der Waals surface area contributed by atoms with Gasteiger partial charge in [-0.3, -0.25) is 9.82 Å². The summed E-state index contributed by atoms with van der Waals surface area (Å²) in [6.45, 7) is 0.000537. The summed E-state index contributed by atoms with van der Waals surface area (Å²) in [7, 11) is -3.27. The van der Waals surface area contributed by atoms with Gasteiger partial charge in [-0.05, 0) is 29.8 Å². The minimum Gasteiger partial charge on any atom is -0.487 e. The van der Waals surface area contributed by atoms with Gasteiger partial charge in [-0.1, -0.05) is 29.8 Å². The number of rotatable bonds is 10. The number of hydrogen-bond donors (Lipinski definition) is 3. The Morgan fingerprint density at radius 3 is 2.45 bits per heavy atom. The number of nitrogens with one attached hydrogen (secondary N) is 3. The van der Waals surface area contributed by atoms with Crippen molar-refractivity contribution in [1.29, 1.82) is 0 Å². The Morgan fingerprint density at radius 2 is 1.79 bits per heavy atom. The third kappa shape index (κ3) is 7.49. The minimum absolute atomic E-state index is 0.000537. The molecule has 2 aromatic carbocycles. The summed E-state index contributed by atoms with van der Waals surface area (Å²) in [5, 5.41) is 10.5. The van der Waals surface area contributed by atoms with Crippen LogP contribution < -0.4 is 19.5 Å². The zero-order valence-corrected chi connectivity index (χ0v) is 21.2. The SMILES string of the molecule is COc1cnc(Nc2cc(-c3ccc(NS(=O)(=O)CC(F)(F)F)c(OCc4ccc(Cl)cc4)c3)[nH]n2)cn1. The van der Waals surface area contributed by atoms with Crippen LogP contribution in [-0.4, -0.2) is 47.6 Å². The van der Waals surface area contributed by atoms with Crippen molar-refractivity contribution >= 4 is 38.9 Å². The molecule has 0 amide bonds. The lowest BCUT2D eigenvalue weighted by atomic mass is 10.1. The Hall–Kier alpha value is -4.04.